The molecule has 2 unspecified atom stereocenters. The largest absolute Gasteiger partial charge is 0.369 e. The zero-order chi connectivity index (χ0) is 21.2. The number of sulfonamides is 1. The molecule has 0 bridgehead atoms. The fourth-order valence-corrected chi connectivity index (χ4v) is 4.64. The first-order chi connectivity index (χ1) is 13.7. The average molecular weight is 436 g/mol. The third kappa shape index (κ3) is 4.89. The minimum Gasteiger partial charge on any atom is -0.369 e. The van der Waals surface area contributed by atoms with Gasteiger partial charge < -0.3 is 10.6 Å². The normalized spacial score (nSPS) is 19.6. The number of carbonyl (C=O) groups excluding carboxylic acids is 2. The van der Waals surface area contributed by atoms with Crippen molar-refractivity contribution >= 4 is 39.1 Å². The summed E-state index contributed by atoms with van der Waals surface area (Å²) in [6.07, 6.45) is 1.30. The monoisotopic (exact) mass is 435 g/mol. The number of primary amides is 1. The van der Waals surface area contributed by atoms with Gasteiger partial charge in [0.1, 0.15) is 0 Å². The van der Waals surface area contributed by atoms with Crippen molar-refractivity contribution in [2.24, 2.45) is 11.7 Å². The van der Waals surface area contributed by atoms with Gasteiger partial charge >= 0.3 is 0 Å². The number of nitrogens with one attached hydrogen (secondary N) is 1. The Labute approximate surface area is 174 Å². The van der Waals surface area contributed by atoms with Crippen LogP contribution in [0.5, 0.6) is 0 Å². The molecule has 29 heavy (non-hydrogen) atoms. The standard InChI is InChI=1S/C20H22ClN3O4S/c1-13-8-9-15(19(22)25)12-24(13)20(26)14-4-2-7-18(10-14)29(27,28)23-17-6-3-5-16(21)11-17/h2-7,10-11,13,15,23H,8-9,12H2,1H3,(H2,22,25). The highest BCUT2D eigenvalue weighted by atomic mass is 35.5. The van der Waals surface area contributed by atoms with E-state index in [1.165, 1.54) is 24.3 Å². The van der Waals surface area contributed by atoms with E-state index in [9.17, 15) is 18.0 Å². The SMILES string of the molecule is CC1CCC(C(N)=O)CN1C(=O)c1cccc(S(=O)(=O)Nc2cccc(Cl)c2)c1. The Morgan fingerprint density at radius 3 is 2.55 bits per heavy atom. The van der Waals surface area contributed by atoms with Gasteiger partial charge in [-0.15, -0.1) is 0 Å². The summed E-state index contributed by atoms with van der Waals surface area (Å²) in [6.45, 7) is 2.13. The van der Waals surface area contributed by atoms with Crippen LogP contribution >= 0.6 is 11.6 Å². The van der Waals surface area contributed by atoms with Crippen LogP contribution in [0.3, 0.4) is 0 Å². The number of halogens is 1. The quantitative estimate of drug-likeness (QED) is 0.752. The summed E-state index contributed by atoms with van der Waals surface area (Å²) in [5, 5.41) is 0.400. The molecule has 0 radical (unpaired) electrons. The summed E-state index contributed by atoms with van der Waals surface area (Å²) in [5.74, 6) is -1.16. The molecule has 0 saturated carbocycles. The van der Waals surface area contributed by atoms with Crippen molar-refractivity contribution in [3.8, 4) is 0 Å². The van der Waals surface area contributed by atoms with Crippen molar-refractivity contribution in [3.63, 3.8) is 0 Å². The van der Waals surface area contributed by atoms with Gasteiger partial charge in [0.25, 0.3) is 15.9 Å². The Hall–Kier alpha value is -2.58. The summed E-state index contributed by atoms with van der Waals surface area (Å²) in [4.78, 5) is 26.1. The van der Waals surface area contributed by atoms with Crippen LogP contribution in [0, 0.1) is 5.92 Å². The molecule has 1 heterocycles. The van der Waals surface area contributed by atoms with Crippen molar-refractivity contribution < 1.29 is 18.0 Å². The van der Waals surface area contributed by atoms with Crippen LogP contribution in [0.2, 0.25) is 5.02 Å². The molecular weight excluding hydrogens is 414 g/mol. The van der Waals surface area contributed by atoms with Crippen molar-refractivity contribution in [1.29, 1.82) is 0 Å². The van der Waals surface area contributed by atoms with Crippen LogP contribution < -0.4 is 10.5 Å². The number of nitrogens with two attached hydrogens (primary N) is 1. The third-order valence-electron chi connectivity index (χ3n) is 5.01. The number of nitrogens with zero attached hydrogens (tertiary/aromatic N) is 1. The molecule has 7 nitrogen and oxygen atoms in total. The molecular formula is C20H22ClN3O4S. The van der Waals surface area contributed by atoms with Gasteiger partial charge in [-0.2, -0.15) is 0 Å². The Balaban J connectivity index is 1.84. The summed E-state index contributed by atoms with van der Waals surface area (Å²) < 4.78 is 27.9. The fraction of sp³-hybridized carbons (Fsp3) is 0.300. The van der Waals surface area contributed by atoms with Gasteiger partial charge in [-0.3, -0.25) is 14.3 Å². The number of carbonyl (C=O) groups is 2. The number of likely N-dealkylation sites (tertiary alicyclic amines) is 1. The molecule has 2 amide bonds. The van der Waals surface area contributed by atoms with E-state index < -0.39 is 21.8 Å². The van der Waals surface area contributed by atoms with Crippen molar-refractivity contribution in [3.05, 3.63) is 59.1 Å². The Kier molecular flexibility index (Phi) is 6.14. The zero-order valence-electron chi connectivity index (χ0n) is 15.8. The van der Waals surface area contributed by atoms with Gasteiger partial charge in [-0.1, -0.05) is 23.7 Å². The predicted molar refractivity (Wildman–Crippen MR) is 111 cm³/mol. The van der Waals surface area contributed by atoms with Gasteiger partial charge in [0, 0.05) is 23.2 Å². The van der Waals surface area contributed by atoms with Gasteiger partial charge in [-0.25, -0.2) is 8.42 Å². The minimum absolute atomic E-state index is 0.0422. The van der Waals surface area contributed by atoms with Crippen molar-refractivity contribution in [2.75, 3.05) is 11.3 Å². The molecule has 2 atom stereocenters. The molecule has 1 saturated heterocycles. The minimum atomic E-state index is -3.91. The lowest BCUT2D eigenvalue weighted by Crippen LogP contribution is -2.48. The third-order valence-corrected chi connectivity index (χ3v) is 6.63. The molecule has 2 aromatic rings. The number of amides is 2. The molecule has 3 N–H and O–H groups in total. The molecule has 9 heteroatoms. The first-order valence-electron chi connectivity index (χ1n) is 9.16. The van der Waals surface area contributed by atoms with E-state index in [0.29, 0.717) is 23.6 Å². The lowest BCUT2D eigenvalue weighted by molar-refractivity contribution is -0.123. The number of hydrogen-bond donors (Lipinski definition) is 2. The fourth-order valence-electron chi connectivity index (χ4n) is 3.35. The molecule has 0 spiro atoms. The van der Waals surface area contributed by atoms with Crippen LogP contribution in [-0.2, 0) is 14.8 Å². The molecule has 0 aliphatic carbocycles. The van der Waals surface area contributed by atoms with E-state index in [-0.39, 0.29) is 29.0 Å². The molecule has 2 aromatic carbocycles. The first kappa shape index (κ1) is 21.1. The molecule has 1 aliphatic heterocycles. The molecule has 1 fully saturated rings. The molecule has 3 rings (SSSR count). The highest BCUT2D eigenvalue weighted by molar-refractivity contribution is 7.92. The number of hydrogen-bond acceptors (Lipinski definition) is 4. The number of benzene rings is 2. The van der Waals surface area contributed by atoms with Gasteiger partial charge in [-0.05, 0) is 56.2 Å². The molecule has 154 valence electrons. The Bertz CT molecular complexity index is 1040. The predicted octanol–water partition coefficient (Wildman–Crippen LogP) is 2.87. The number of anilines is 1. The Morgan fingerprint density at radius 1 is 1.14 bits per heavy atom. The summed E-state index contributed by atoms with van der Waals surface area (Å²) in [5.41, 5.74) is 5.96. The highest BCUT2D eigenvalue weighted by Crippen LogP contribution is 2.25. The maximum Gasteiger partial charge on any atom is 0.261 e. The maximum atomic E-state index is 13.0. The van der Waals surface area contributed by atoms with Crippen LogP contribution in [0.4, 0.5) is 5.69 Å². The van der Waals surface area contributed by atoms with Gasteiger partial charge in [0.2, 0.25) is 5.91 Å². The van der Waals surface area contributed by atoms with E-state index in [1.807, 2.05) is 6.92 Å². The second kappa shape index (κ2) is 8.42. The van der Waals surface area contributed by atoms with E-state index in [4.69, 9.17) is 17.3 Å². The zero-order valence-corrected chi connectivity index (χ0v) is 17.4. The second-order valence-corrected chi connectivity index (χ2v) is 9.25. The highest BCUT2D eigenvalue weighted by Gasteiger charge is 2.32. The van der Waals surface area contributed by atoms with Crippen molar-refractivity contribution in [2.45, 2.75) is 30.7 Å². The van der Waals surface area contributed by atoms with Gasteiger partial charge in [0.05, 0.1) is 16.5 Å². The van der Waals surface area contributed by atoms with E-state index in [1.54, 1.807) is 29.2 Å². The van der Waals surface area contributed by atoms with E-state index in [0.717, 1.165) is 0 Å². The van der Waals surface area contributed by atoms with Crippen LogP contribution in [-0.4, -0.2) is 37.7 Å². The van der Waals surface area contributed by atoms with Crippen LogP contribution in [0.15, 0.2) is 53.4 Å². The van der Waals surface area contributed by atoms with Crippen LogP contribution in [0.25, 0.3) is 0 Å². The summed E-state index contributed by atoms with van der Waals surface area (Å²) in [6, 6.07) is 12.1. The van der Waals surface area contributed by atoms with Crippen LogP contribution in [0.1, 0.15) is 30.1 Å². The summed E-state index contributed by atoms with van der Waals surface area (Å²) >= 11 is 5.90. The lowest BCUT2D eigenvalue weighted by atomic mass is 9.92. The average Bonchev–Trinajstić information content (AvgIpc) is 2.67. The summed E-state index contributed by atoms with van der Waals surface area (Å²) in [7, 11) is -3.91. The van der Waals surface area contributed by atoms with E-state index in [2.05, 4.69) is 4.72 Å². The lowest BCUT2D eigenvalue weighted by Gasteiger charge is -2.37. The second-order valence-electron chi connectivity index (χ2n) is 7.13. The first-order valence-corrected chi connectivity index (χ1v) is 11.0. The number of rotatable bonds is 5. The molecule has 1 aliphatic rings. The van der Waals surface area contributed by atoms with Gasteiger partial charge in [0.15, 0.2) is 0 Å². The number of piperidine rings is 1. The smallest absolute Gasteiger partial charge is 0.261 e. The molecule has 0 aromatic heterocycles. The van der Waals surface area contributed by atoms with E-state index >= 15 is 0 Å². The topological polar surface area (TPSA) is 110 Å². The Morgan fingerprint density at radius 2 is 1.86 bits per heavy atom. The van der Waals surface area contributed by atoms with Crippen molar-refractivity contribution in [1.82, 2.24) is 4.90 Å². The maximum absolute atomic E-state index is 13.0.